The summed E-state index contributed by atoms with van der Waals surface area (Å²) in [6.45, 7) is 0.612. The Morgan fingerprint density at radius 1 is 1.19 bits per heavy atom. The van der Waals surface area contributed by atoms with Crippen LogP contribution in [-0.4, -0.2) is 28.0 Å². The van der Waals surface area contributed by atoms with E-state index < -0.39 is 0 Å². The maximum absolute atomic E-state index is 12.8. The van der Waals surface area contributed by atoms with Crippen LogP contribution in [0.4, 0.5) is 0 Å². The fourth-order valence-electron chi connectivity index (χ4n) is 3.23. The number of benzene rings is 1. The Labute approximate surface area is 125 Å². The van der Waals surface area contributed by atoms with E-state index in [0.717, 1.165) is 44.1 Å². The van der Waals surface area contributed by atoms with Gasteiger partial charge in [-0.3, -0.25) is 4.79 Å². The van der Waals surface area contributed by atoms with E-state index in [2.05, 4.69) is 0 Å². The van der Waals surface area contributed by atoms with Crippen LogP contribution in [0.5, 0.6) is 5.75 Å². The Morgan fingerprint density at radius 3 is 2.52 bits per heavy atom. The van der Waals surface area contributed by atoms with Gasteiger partial charge in [0.05, 0.1) is 0 Å². The van der Waals surface area contributed by atoms with E-state index in [1.54, 1.807) is 12.1 Å². The highest BCUT2D eigenvalue weighted by Crippen LogP contribution is 2.33. The molecule has 0 bridgehead atoms. The number of nitrogens with two attached hydrogens (primary N) is 1. The van der Waals surface area contributed by atoms with Crippen molar-refractivity contribution in [2.75, 3.05) is 0 Å². The van der Waals surface area contributed by atoms with Crippen molar-refractivity contribution in [2.24, 2.45) is 11.7 Å². The first-order valence-electron chi connectivity index (χ1n) is 7.97. The Bertz CT molecular complexity index is 505. The molecule has 2 saturated carbocycles. The molecule has 0 spiro atoms. The number of carbonyl (C=O) groups is 1. The third kappa shape index (κ3) is 3.56. The lowest BCUT2D eigenvalue weighted by molar-refractivity contribution is -0.137. The molecule has 1 aromatic carbocycles. The molecular formula is C17H24N2O2. The Hall–Kier alpha value is -1.55. The minimum absolute atomic E-state index is 0.141. The predicted octanol–water partition coefficient (Wildman–Crippen LogP) is 2.40. The number of carbonyl (C=O) groups excluding carboxylic acids is 1. The van der Waals surface area contributed by atoms with Crippen molar-refractivity contribution in [3.63, 3.8) is 0 Å². The molecule has 21 heavy (non-hydrogen) atoms. The molecule has 3 N–H and O–H groups in total. The van der Waals surface area contributed by atoms with Gasteiger partial charge in [-0.05, 0) is 56.2 Å². The second-order valence-corrected chi connectivity index (χ2v) is 6.48. The Morgan fingerprint density at radius 2 is 1.90 bits per heavy atom. The summed E-state index contributed by atoms with van der Waals surface area (Å²) >= 11 is 0. The van der Waals surface area contributed by atoms with Crippen LogP contribution in [0.15, 0.2) is 24.3 Å². The molecule has 0 saturated heterocycles. The molecule has 4 nitrogen and oxygen atoms in total. The van der Waals surface area contributed by atoms with E-state index in [-0.39, 0.29) is 23.6 Å². The first-order valence-corrected chi connectivity index (χ1v) is 7.97. The second kappa shape index (κ2) is 6.06. The smallest absolute Gasteiger partial charge is 0.226 e. The standard InChI is InChI=1S/C17H24N2O2/c18-14-6-4-13(5-7-14)17(21)19(15-8-9-15)11-12-2-1-3-16(20)10-12/h1-3,10,13-15,20H,4-9,11,18H2. The zero-order valence-electron chi connectivity index (χ0n) is 12.4. The maximum Gasteiger partial charge on any atom is 0.226 e. The van der Waals surface area contributed by atoms with E-state index in [9.17, 15) is 9.90 Å². The van der Waals surface area contributed by atoms with Crippen molar-refractivity contribution >= 4 is 5.91 Å². The second-order valence-electron chi connectivity index (χ2n) is 6.48. The zero-order valence-corrected chi connectivity index (χ0v) is 12.4. The van der Waals surface area contributed by atoms with Crippen molar-refractivity contribution in [1.29, 1.82) is 0 Å². The molecule has 1 amide bonds. The van der Waals surface area contributed by atoms with Crippen molar-refractivity contribution < 1.29 is 9.90 Å². The number of phenolic OH excluding ortho intramolecular Hbond substituents is 1. The lowest BCUT2D eigenvalue weighted by Gasteiger charge is -2.31. The van der Waals surface area contributed by atoms with E-state index >= 15 is 0 Å². The van der Waals surface area contributed by atoms with Crippen LogP contribution in [0, 0.1) is 5.92 Å². The summed E-state index contributed by atoms with van der Waals surface area (Å²) in [5, 5.41) is 9.58. The Balaban J connectivity index is 1.68. The summed E-state index contributed by atoms with van der Waals surface area (Å²) in [5.41, 5.74) is 6.94. The van der Waals surface area contributed by atoms with Gasteiger partial charge in [-0.1, -0.05) is 12.1 Å². The monoisotopic (exact) mass is 288 g/mol. The molecule has 2 fully saturated rings. The first kappa shape index (κ1) is 14.4. The Kier molecular flexibility index (Phi) is 4.15. The van der Waals surface area contributed by atoms with Gasteiger partial charge in [-0.2, -0.15) is 0 Å². The van der Waals surface area contributed by atoms with Crippen LogP contribution in [0.25, 0.3) is 0 Å². The quantitative estimate of drug-likeness (QED) is 0.894. The van der Waals surface area contributed by atoms with Crippen LogP contribution in [0.2, 0.25) is 0 Å². The van der Waals surface area contributed by atoms with E-state index in [4.69, 9.17) is 5.73 Å². The number of nitrogens with zero attached hydrogens (tertiary/aromatic N) is 1. The molecular weight excluding hydrogens is 264 g/mol. The van der Waals surface area contributed by atoms with Gasteiger partial charge in [-0.25, -0.2) is 0 Å². The SMILES string of the molecule is NC1CCC(C(=O)N(Cc2cccc(O)c2)C2CC2)CC1. The highest BCUT2D eigenvalue weighted by atomic mass is 16.3. The fraction of sp³-hybridized carbons (Fsp3) is 0.588. The summed E-state index contributed by atoms with van der Waals surface area (Å²) in [6.07, 6.45) is 5.97. The average molecular weight is 288 g/mol. The number of rotatable bonds is 4. The summed E-state index contributed by atoms with van der Waals surface area (Å²) < 4.78 is 0. The highest BCUT2D eigenvalue weighted by molar-refractivity contribution is 5.79. The summed E-state index contributed by atoms with van der Waals surface area (Å²) in [4.78, 5) is 14.8. The van der Waals surface area contributed by atoms with Gasteiger partial charge < -0.3 is 15.7 Å². The number of hydrogen-bond acceptors (Lipinski definition) is 3. The molecule has 0 atom stereocenters. The van der Waals surface area contributed by atoms with Crippen LogP contribution in [0.3, 0.4) is 0 Å². The van der Waals surface area contributed by atoms with E-state index in [1.165, 1.54) is 0 Å². The van der Waals surface area contributed by atoms with Gasteiger partial charge in [0.15, 0.2) is 0 Å². The van der Waals surface area contributed by atoms with Crippen LogP contribution >= 0.6 is 0 Å². The molecule has 1 aromatic rings. The molecule has 2 aliphatic carbocycles. The van der Waals surface area contributed by atoms with Gasteiger partial charge >= 0.3 is 0 Å². The first-order chi connectivity index (χ1) is 10.1. The number of amides is 1. The summed E-state index contributed by atoms with van der Waals surface area (Å²) in [7, 11) is 0. The average Bonchev–Trinajstić information content (AvgIpc) is 3.29. The number of aromatic hydroxyl groups is 1. The van der Waals surface area contributed by atoms with Gasteiger partial charge in [0.1, 0.15) is 5.75 Å². The zero-order chi connectivity index (χ0) is 14.8. The van der Waals surface area contributed by atoms with Crippen molar-refractivity contribution in [1.82, 2.24) is 4.90 Å². The van der Waals surface area contributed by atoms with Crippen LogP contribution in [-0.2, 0) is 11.3 Å². The minimum Gasteiger partial charge on any atom is -0.508 e. The highest BCUT2D eigenvalue weighted by Gasteiger charge is 2.36. The van der Waals surface area contributed by atoms with E-state index in [0.29, 0.717) is 12.6 Å². The lowest BCUT2D eigenvalue weighted by Crippen LogP contribution is -2.40. The minimum atomic E-state index is 0.141. The maximum atomic E-state index is 12.8. The lowest BCUT2D eigenvalue weighted by atomic mass is 9.85. The molecule has 2 aliphatic rings. The molecule has 0 unspecified atom stereocenters. The fourth-order valence-corrected chi connectivity index (χ4v) is 3.23. The number of hydrogen-bond donors (Lipinski definition) is 2. The van der Waals surface area contributed by atoms with E-state index in [1.807, 2.05) is 17.0 Å². The van der Waals surface area contributed by atoms with Gasteiger partial charge in [0.2, 0.25) is 5.91 Å². The van der Waals surface area contributed by atoms with Crippen molar-refractivity contribution in [3.8, 4) is 5.75 Å². The van der Waals surface area contributed by atoms with Crippen LogP contribution in [0.1, 0.15) is 44.1 Å². The molecule has 0 aromatic heterocycles. The largest absolute Gasteiger partial charge is 0.508 e. The topological polar surface area (TPSA) is 66.6 Å². The van der Waals surface area contributed by atoms with Gasteiger partial charge in [-0.15, -0.1) is 0 Å². The molecule has 3 rings (SSSR count). The van der Waals surface area contributed by atoms with Crippen LogP contribution < -0.4 is 5.73 Å². The molecule has 4 heteroatoms. The third-order valence-corrected chi connectivity index (χ3v) is 4.66. The molecule has 0 aliphatic heterocycles. The predicted molar refractivity (Wildman–Crippen MR) is 81.6 cm³/mol. The summed E-state index contributed by atoms with van der Waals surface area (Å²) in [5.74, 6) is 0.690. The third-order valence-electron chi connectivity index (χ3n) is 4.66. The van der Waals surface area contributed by atoms with Gasteiger partial charge in [0, 0.05) is 24.5 Å². The van der Waals surface area contributed by atoms with Crippen molar-refractivity contribution in [2.45, 2.75) is 57.2 Å². The number of phenols is 1. The molecule has 0 radical (unpaired) electrons. The normalized spacial score (nSPS) is 25.6. The van der Waals surface area contributed by atoms with Gasteiger partial charge in [0.25, 0.3) is 0 Å². The molecule has 0 heterocycles. The molecule has 114 valence electrons. The van der Waals surface area contributed by atoms with Crippen molar-refractivity contribution in [3.05, 3.63) is 29.8 Å². The summed E-state index contributed by atoms with van der Waals surface area (Å²) in [6, 6.07) is 7.89.